The molecular weight excluding hydrogens is 220 g/mol. The molecule has 2 aromatic rings. The fourth-order valence-corrected chi connectivity index (χ4v) is 1.71. The van der Waals surface area contributed by atoms with E-state index in [1.165, 1.54) is 25.2 Å². The van der Waals surface area contributed by atoms with Gasteiger partial charge in [-0.15, -0.1) is 0 Å². The number of nitrogens with zero attached hydrogens (tertiary/aromatic N) is 1. The van der Waals surface area contributed by atoms with Crippen molar-refractivity contribution < 1.29 is 8.78 Å². The van der Waals surface area contributed by atoms with Crippen molar-refractivity contribution in [1.82, 2.24) is 0 Å². The van der Waals surface area contributed by atoms with Crippen molar-refractivity contribution in [3.05, 3.63) is 71.3 Å². The van der Waals surface area contributed by atoms with Crippen molar-refractivity contribution in [2.75, 3.05) is 7.05 Å². The molecule has 0 radical (unpaired) electrons. The Balaban J connectivity index is 2.59. The van der Waals surface area contributed by atoms with E-state index < -0.39 is 11.6 Å². The van der Waals surface area contributed by atoms with Crippen molar-refractivity contribution in [1.29, 1.82) is 0 Å². The van der Waals surface area contributed by atoms with Crippen molar-refractivity contribution >= 4 is 5.71 Å². The molecule has 0 saturated carbocycles. The molecular formula is C14H11F2N. The van der Waals surface area contributed by atoms with Crippen LogP contribution in [0.3, 0.4) is 0 Å². The molecule has 0 unspecified atom stereocenters. The second-order valence-electron chi connectivity index (χ2n) is 3.53. The minimum absolute atomic E-state index is 0.0822. The lowest BCUT2D eigenvalue weighted by atomic mass is 10.0. The Kier molecular flexibility index (Phi) is 3.28. The highest BCUT2D eigenvalue weighted by Gasteiger charge is 2.15. The van der Waals surface area contributed by atoms with Gasteiger partial charge in [0.2, 0.25) is 0 Å². The largest absolute Gasteiger partial charge is 0.287 e. The summed E-state index contributed by atoms with van der Waals surface area (Å²) in [6.07, 6.45) is 0. The van der Waals surface area contributed by atoms with Crippen LogP contribution >= 0.6 is 0 Å². The summed E-state index contributed by atoms with van der Waals surface area (Å²) < 4.78 is 27.3. The minimum atomic E-state index is -0.602. The average Bonchev–Trinajstić information content (AvgIpc) is 2.35. The summed E-state index contributed by atoms with van der Waals surface area (Å²) >= 11 is 0. The zero-order valence-electron chi connectivity index (χ0n) is 9.32. The van der Waals surface area contributed by atoms with Crippen molar-refractivity contribution in [3.8, 4) is 0 Å². The standard InChI is InChI=1S/C14H11F2N/c1-17-14(10-6-3-2-4-7-10)13-11(15)8-5-9-12(13)16/h2-9H,1H3/b17-14-. The Hall–Kier alpha value is -2.03. The summed E-state index contributed by atoms with van der Waals surface area (Å²) in [5.74, 6) is -1.20. The van der Waals surface area contributed by atoms with Gasteiger partial charge in [0.05, 0.1) is 11.3 Å². The highest BCUT2D eigenvalue weighted by Crippen LogP contribution is 2.17. The Morgan fingerprint density at radius 2 is 1.47 bits per heavy atom. The summed E-state index contributed by atoms with van der Waals surface area (Å²) in [4.78, 5) is 3.99. The highest BCUT2D eigenvalue weighted by atomic mass is 19.1. The lowest BCUT2D eigenvalue weighted by Crippen LogP contribution is -2.08. The maximum absolute atomic E-state index is 13.7. The number of benzene rings is 2. The molecule has 0 spiro atoms. The third-order valence-corrected chi connectivity index (χ3v) is 2.47. The zero-order chi connectivity index (χ0) is 12.3. The summed E-state index contributed by atoms with van der Waals surface area (Å²) in [7, 11) is 1.52. The van der Waals surface area contributed by atoms with Crippen LogP contribution in [0.2, 0.25) is 0 Å². The minimum Gasteiger partial charge on any atom is -0.287 e. The molecule has 1 nitrogen and oxygen atoms in total. The summed E-state index contributed by atoms with van der Waals surface area (Å²) in [6.45, 7) is 0. The predicted octanol–water partition coefficient (Wildman–Crippen LogP) is 3.43. The van der Waals surface area contributed by atoms with Crippen LogP contribution in [0, 0.1) is 11.6 Å². The smallest absolute Gasteiger partial charge is 0.135 e. The maximum atomic E-state index is 13.7. The fraction of sp³-hybridized carbons (Fsp3) is 0.0714. The van der Waals surface area contributed by atoms with E-state index in [0.717, 1.165) is 0 Å². The maximum Gasteiger partial charge on any atom is 0.135 e. The molecule has 0 aliphatic heterocycles. The average molecular weight is 231 g/mol. The van der Waals surface area contributed by atoms with E-state index in [-0.39, 0.29) is 5.56 Å². The summed E-state index contributed by atoms with van der Waals surface area (Å²) in [5.41, 5.74) is 0.932. The van der Waals surface area contributed by atoms with Gasteiger partial charge in [-0.1, -0.05) is 36.4 Å². The van der Waals surface area contributed by atoms with E-state index >= 15 is 0 Å². The summed E-state index contributed by atoms with van der Waals surface area (Å²) in [6, 6.07) is 12.8. The molecule has 2 rings (SSSR count). The van der Waals surface area contributed by atoms with E-state index in [4.69, 9.17) is 0 Å². The number of halogens is 2. The molecule has 0 amide bonds. The topological polar surface area (TPSA) is 12.4 Å². The first kappa shape index (κ1) is 11.5. The molecule has 0 aliphatic rings. The van der Waals surface area contributed by atoms with Gasteiger partial charge in [0.15, 0.2) is 0 Å². The second kappa shape index (κ2) is 4.87. The molecule has 0 N–H and O–H groups in total. The molecule has 3 heteroatoms. The van der Waals surface area contributed by atoms with E-state index in [1.54, 1.807) is 24.3 Å². The molecule has 0 saturated heterocycles. The van der Waals surface area contributed by atoms with Crippen LogP contribution in [0.4, 0.5) is 8.78 Å². The molecule has 0 fully saturated rings. The molecule has 0 aliphatic carbocycles. The van der Waals surface area contributed by atoms with Gasteiger partial charge in [-0.05, 0) is 12.1 Å². The SMILES string of the molecule is C/N=C(/c1ccccc1)c1c(F)cccc1F. The number of rotatable bonds is 2. The molecule has 0 aromatic heterocycles. The van der Waals surface area contributed by atoms with Gasteiger partial charge in [0, 0.05) is 12.6 Å². The molecule has 0 atom stereocenters. The van der Waals surface area contributed by atoms with Crippen molar-refractivity contribution in [3.63, 3.8) is 0 Å². The lowest BCUT2D eigenvalue weighted by Gasteiger charge is -2.08. The first-order valence-corrected chi connectivity index (χ1v) is 5.20. The Morgan fingerprint density at radius 3 is 2.00 bits per heavy atom. The monoisotopic (exact) mass is 231 g/mol. The third-order valence-electron chi connectivity index (χ3n) is 2.47. The van der Waals surface area contributed by atoms with Crippen molar-refractivity contribution in [2.24, 2.45) is 4.99 Å². The van der Waals surface area contributed by atoms with Crippen molar-refractivity contribution in [2.45, 2.75) is 0 Å². The lowest BCUT2D eigenvalue weighted by molar-refractivity contribution is 0.579. The number of hydrogen-bond acceptors (Lipinski definition) is 1. The van der Waals surface area contributed by atoms with Crippen LogP contribution in [0.25, 0.3) is 0 Å². The van der Waals surface area contributed by atoms with E-state index in [2.05, 4.69) is 4.99 Å². The molecule has 2 aromatic carbocycles. The Bertz CT molecular complexity index is 527. The van der Waals surface area contributed by atoms with Crippen LogP contribution in [0.1, 0.15) is 11.1 Å². The Morgan fingerprint density at radius 1 is 0.882 bits per heavy atom. The normalized spacial score (nSPS) is 11.6. The quantitative estimate of drug-likeness (QED) is 0.702. The fourth-order valence-electron chi connectivity index (χ4n) is 1.71. The van der Waals surface area contributed by atoms with Crippen LogP contribution in [0.5, 0.6) is 0 Å². The molecule has 0 heterocycles. The number of hydrogen-bond donors (Lipinski definition) is 0. The van der Waals surface area contributed by atoms with E-state index in [9.17, 15) is 8.78 Å². The van der Waals surface area contributed by atoms with Crippen LogP contribution < -0.4 is 0 Å². The number of aliphatic imine (C=N–C) groups is 1. The summed E-state index contributed by atoms with van der Waals surface area (Å²) in [5, 5.41) is 0. The van der Waals surface area contributed by atoms with Crippen LogP contribution in [-0.4, -0.2) is 12.8 Å². The van der Waals surface area contributed by atoms with Gasteiger partial charge >= 0.3 is 0 Å². The Labute approximate surface area is 98.4 Å². The molecule has 17 heavy (non-hydrogen) atoms. The van der Waals surface area contributed by atoms with Crippen LogP contribution in [-0.2, 0) is 0 Å². The second-order valence-corrected chi connectivity index (χ2v) is 3.53. The van der Waals surface area contributed by atoms with Crippen LogP contribution in [0.15, 0.2) is 53.5 Å². The van der Waals surface area contributed by atoms with Gasteiger partial charge < -0.3 is 0 Å². The van der Waals surface area contributed by atoms with Gasteiger partial charge in [0.1, 0.15) is 11.6 Å². The third kappa shape index (κ3) is 2.23. The first-order valence-electron chi connectivity index (χ1n) is 5.20. The van der Waals surface area contributed by atoms with Gasteiger partial charge in [0.25, 0.3) is 0 Å². The van der Waals surface area contributed by atoms with Gasteiger partial charge in [-0.3, -0.25) is 4.99 Å². The zero-order valence-corrected chi connectivity index (χ0v) is 9.32. The molecule has 0 bridgehead atoms. The van der Waals surface area contributed by atoms with Gasteiger partial charge in [-0.2, -0.15) is 0 Å². The first-order chi connectivity index (χ1) is 8.24. The van der Waals surface area contributed by atoms with E-state index in [0.29, 0.717) is 11.3 Å². The van der Waals surface area contributed by atoms with Gasteiger partial charge in [-0.25, -0.2) is 8.78 Å². The van der Waals surface area contributed by atoms with E-state index in [1.807, 2.05) is 6.07 Å². The predicted molar refractivity (Wildman–Crippen MR) is 64.4 cm³/mol. The highest BCUT2D eigenvalue weighted by molar-refractivity contribution is 6.13. The molecule has 86 valence electrons.